The van der Waals surface area contributed by atoms with Crippen molar-refractivity contribution in [3.63, 3.8) is 0 Å². The van der Waals surface area contributed by atoms with E-state index in [1.54, 1.807) is 0 Å². The van der Waals surface area contributed by atoms with Crippen LogP contribution in [0.2, 0.25) is 0 Å². The van der Waals surface area contributed by atoms with Crippen LogP contribution in [-0.2, 0) is 0 Å². The van der Waals surface area contributed by atoms with Crippen LogP contribution in [0, 0.1) is 0 Å². The molecule has 1 aromatic rings. The maximum absolute atomic E-state index is 8.11. The number of furan rings is 1. The molecule has 0 aliphatic heterocycles. The van der Waals surface area contributed by atoms with E-state index in [9.17, 15) is 0 Å². The van der Waals surface area contributed by atoms with E-state index in [1.807, 2.05) is 0 Å². The summed E-state index contributed by atoms with van der Waals surface area (Å²) in [6.07, 6.45) is 2.38. The van der Waals surface area contributed by atoms with Gasteiger partial charge in [-0.3, -0.25) is 0 Å². The van der Waals surface area contributed by atoms with E-state index >= 15 is 0 Å². The first-order valence-corrected chi connectivity index (χ1v) is 2.68. The predicted molar refractivity (Wildman–Crippen MR) is 36.9 cm³/mol. The summed E-state index contributed by atoms with van der Waals surface area (Å²) < 4.78 is 4.78. The molecule has 1 aromatic heterocycles. The van der Waals surface area contributed by atoms with E-state index in [4.69, 9.17) is 15.2 Å². The minimum atomic E-state index is 0.227. The predicted octanol–water partition coefficient (Wildman–Crippen LogP) is 2.03. The van der Waals surface area contributed by atoms with Gasteiger partial charge in [-0.2, -0.15) is 0 Å². The highest BCUT2D eigenvalue weighted by molar-refractivity contribution is 5.82. The summed E-state index contributed by atoms with van der Waals surface area (Å²) in [7, 11) is 0. The standard InChI is InChI=1S/C5H4N4O2/c6-9-8-4-1-2-11-5(4)3-7-10/h1-3,10H. The summed E-state index contributed by atoms with van der Waals surface area (Å²) in [6.45, 7) is 0. The molecule has 1 N–H and O–H groups in total. The summed E-state index contributed by atoms with van der Waals surface area (Å²) in [5, 5.41) is 14.1. The second kappa shape index (κ2) is 3.28. The van der Waals surface area contributed by atoms with Crippen LogP contribution in [0.4, 0.5) is 5.69 Å². The van der Waals surface area contributed by atoms with Gasteiger partial charge in [0.15, 0.2) is 5.76 Å². The summed E-state index contributed by atoms with van der Waals surface area (Å²) in [5.41, 5.74) is 8.34. The molecule has 6 heteroatoms. The fourth-order valence-corrected chi connectivity index (χ4v) is 0.594. The lowest BCUT2D eigenvalue weighted by molar-refractivity contribution is 0.320. The highest BCUT2D eigenvalue weighted by Crippen LogP contribution is 2.17. The van der Waals surface area contributed by atoms with Crippen LogP contribution in [0.3, 0.4) is 0 Å². The fraction of sp³-hybridized carbons (Fsp3) is 0. The third-order valence-electron chi connectivity index (χ3n) is 1.00. The molecule has 0 spiro atoms. The van der Waals surface area contributed by atoms with Crippen molar-refractivity contribution in [2.45, 2.75) is 0 Å². The Labute approximate surface area is 61.4 Å². The molecule has 11 heavy (non-hydrogen) atoms. The number of rotatable bonds is 2. The molecule has 0 amide bonds. The maximum atomic E-state index is 8.11. The van der Waals surface area contributed by atoms with Crippen molar-refractivity contribution >= 4 is 11.9 Å². The molecule has 0 fully saturated rings. The van der Waals surface area contributed by atoms with Crippen molar-refractivity contribution < 1.29 is 9.62 Å². The zero-order valence-corrected chi connectivity index (χ0v) is 5.38. The Hall–Kier alpha value is -1.94. The van der Waals surface area contributed by atoms with Crippen LogP contribution in [0.5, 0.6) is 0 Å². The van der Waals surface area contributed by atoms with Gasteiger partial charge in [0.2, 0.25) is 0 Å². The highest BCUT2D eigenvalue weighted by Gasteiger charge is 1.99. The lowest BCUT2D eigenvalue weighted by Gasteiger charge is -1.82. The van der Waals surface area contributed by atoms with Gasteiger partial charge >= 0.3 is 0 Å². The Bertz CT molecular complexity index is 310. The van der Waals surface area contributed by atoms with Gasteiger partial charge in [-0.1, -0.05) is 10.3 Å². The summed E-state index contributed by atoms with van der Waals surface area (Å²) in [6, 6.07) is 1.47. The topological polar surface area (TPSA) is 94.5 Å². The molecule has 0 saturated heterocycles. The number of hydrogen-bond acceptors (Lipinski definition) is 4. The Morgan fingerprint density at radius 3 is 3.18 bits per heavy atom. The van der Waals surface area contributed by atoms with Crippen LogP contribution in [0.1, 0.15) is 5.76 Å². The van der Waals surface area contributed by atoms with Crippen LogP contribution < -0.4 is 0 Å². The summed E-state index contributed by atoms with van der Waals surface area (Å²) in [4.78, 5) is 2.54. The Morgan fingerprint density at radius 1 is 1.73 bits per heavy atom. The third kappa shape index (κ3) is 1.50. The second-order valence-electron chi connectivity index (χ2n) is 1.60. The first kappa shape index (κ1) is 7.17. The first-order valence-electron chi connectivity index (χ1n) is 2.68. The lowest BCUT2D eigenvalue weighted by atomic mass is 10.4. The van der Waals surface area contributed by atoms with Crippen molar-refractivity contribution in [2.24, 2.45) is 10.3 Å². The van der Waals surface area contributed by atoms with E-state index in [-0.39, 0.29) is 5.76 Å². The van der Waals surface area contributed by atoms with E-state index in [2.05, 4.69) is 15.2 Å². The normalized spacial score (nSPS) is 9.82. The molecule has 0 aromatic carbocycles. The minimum absolute atomic E-state index is 0.227. The third-order valence-corrected chi connectivity index (χ3v) is 1.00. The molecule has 0 aliphatic rings. The first-order chi connectivity index (χ1) is 5.38. The average Bonchev–Trinajstić information content (AvgIpc) is 2.39. The number of oxime groups is 1. The van der Waals surface area contributed by atoms with Crippen molar-refractivity contribution in [1.82, 2.24) is 0 Å². The second-order valence-corrected chi connectivity index (χ2v) is 1.60. The SMILES string of the molecule is [N-]=[N+]=Nc1ccoc1C=NO. The number of azide groups is 1. The van der Waals surface area contributed by atoms with Crippen molar-refractivity contribution in [1.29, 1.82) is 0 Å². The molecular weight excluding hydrogens is 148 g/mol. The molecule has 1 rings (SSSR count). The molecule has 0 saturated carbocycles. The van der Waals surface area contributed by atoms with Gasteiger partial charge in [0.25, 0.3) is 0 Å². The van der Waals surface area contributed by atoms with Gasteiger partial charge < -0.3 is 9.62 Å². The van der Waals surface area contributed by atoms with Gasteiger partial charge in [-0.05, 0) is 11.6 Å². The Balaban J connectivity index is 3.04. The smallest absolute Gasteiger partial charge is 0.157 e. The van der Waals surface area contributed by atoms with Gasteiger partial charge in [-0.25, -0.2) is 0 Å². The zero-order chi connectivity index (χ0) is 8.10. The molecule has 56 valence electrons. The van der Waals surface area contributed by atoms with Crippen LogP contribution in [0.15, 0.2) is 27.0 Å². The van der Waals surface area contributed by atoms with Gasteiger partial charge in [0, 0.05) is 4.91 Å². The highest BCUT2D eigenvalue weighted by atomic mass is 16.4. The van der Waals surface area contributed by atoms with E-state index < -0.39 is 0 Å². The molecule has 1 heterocycles. The molecule has 0 bridgehead atoms. The lowest BCUT2D eigenvalue weighted by Crippen LogP contribution is -1.73. The summed E-state index contributed by atoms with van der Waals surface area (Å²) >= 11 is 0. The molecular formula is C5H4N4O2. The quantitative estimate of drug-likeness (QED) is 0.175. The van der Waals surface area contributed by atoms with Crippen molar-refractivity contribution in [3.05, 3.63) is 28.5 Å². The van der Waals surface area contributed by atoms with Crippen LogP contribution in [0.25, 0.3) is 10.4 Å². The molecule has 0 atom stereocenters. The zero-order valence-electron chi connectivity index (χ0n) is 5.38. The van der Waals surface area contributed by atoms with Crippen molar-refractivity contribution in [2.75, 3.05) is 0 Å². The van der Waals surface area contributed by atoms with E-state index in [0.29, 0.717) is 5.69 Å². The fourth-order valence-electron chi connectivity index (χ4n) is 0.594. The van der Waals surface area contributed by atoms with Gasteiger partial charge in [0.1, 0.15) is 6.21 Å². The van der Waals surface area contributed by atoms with E-state index in [1.165, 1.54) is 12.3 Å². The summed E-state index contributed by atoms with van der Waals surface area (Å²) in [5.74, 6) is 0.227. The average molecular weight is 152 g/mol. The number of hydrogen-bond donors (Lipinski definition) is 1. The monoisotopic (exact) mass is 152 g/mol. The number of nitrogens with zero attached hydrogens (tertiary/aromatic N) is 4. The van der Waals surface area contributed by atoms with Gasteiger partial charge in [0.05, 0.1) is 12.0 Å². The van der Waals surface area contributed by atoms with Crippen LogP contribution >= 0.6 is 0 Å². The van der Waals surface area contributed by atoms with Crippen LogP contribution in [-0.4, -0.2) is 11.4 Å². The van der Waals surface area contributed by atoms with Gasteiger partial charge in [-0.15, -0.1) is 0 Å². The minimum Gasteiger partial charge on any atom is -0.463 e. The largest absolute Gasteiger partial charge is 0.463 e. The van der Waals surface area contributed by atoms with E-state index in [0.717, 1.165) is 6.21 Å². The Morgan fingerprint density at radius 2 is 2.55 bits per heavy atom. The Kier molecular flexibility index (Phi) is 2.14. The van der Waals surface area contributed by atoms with Crippen molar-refractivity contribution in [3.8, 4) is 0 Å². The molecule has 0 aliphatic carbocycles. The molecule has 0 radical (unpaired) electrons. The molecule has 0 unspecified atom stereocenters. The molecule has 6 nitrogen and oxygen atoms in total. The maximum Gasteiger partial charge on any atom is 0.157 e.